The third-order valence-electron chi connectivity index (χ3n) is 6.65. The van der Waals surface area contributed by atoms with Crippen LogP contribution in [0.1, 0.15) is 46.2 Å². The molecule has 8 heteroatoms. The second kappa shape index (κ2) is 9.69. The van der Waals surface area contributed by atoms with Gasteiger partial charge < -0.3 is 18.8 Å². The Morgan fingerprint density at radius 1 is 1.18 bits per heavy atom. The molecule has 8 nitrogen and oxygen atoms in total. The number of hydrogen-bond acceptors (Lipinski definition) is 6. The molecule has 0 atom stereocenters. The summed E-state index contributed by atoms with van der Waals surface area (Å²) in [6.45, 7) is 3.34. The van der Waals surface area contributed by atoms with E-state index in [-0.39, 0.29) is 5.76 Å². The number of nitrogens with zero attached hydrogens (tertiary/aromatic N) is 4. The smallest absolute Gasteiger partial charge is 0.371 e. The number of carboxylic acid groups (broad SMARTS) is 1. The molecule has 0 radical (unpaired) electrons. The normalized spacial score (nSPS) is 15.1. The van der Waals surface area contributed by atoms with E-state index in [1.807, 2.05) is 18.3 Å². The van der Waals surface area contributed by atoms with Crippen LogP contribution < -0.4 is 4.74 Å². The van der Waals surface area contributed by atoms with E-state index < -0.39 is 5.97 Å². The molecule has 0 saturated carbocycles. The molecule has 1 N–H and O–H groups in total. The molecule has 0 amide bonds. The van der Waals surface area contributed by atoms with Gasteiger partial charge in [0.05, 0.1) is 13.7 Å². The van der Waals surface area contributed by atoms with Crippen molar-refractivity contribution in [2.45, 2.75) is 38.3 Å². The molecule has 1 aromatic carbocycles. The Labute approximate surface area is 197 Å². The number of furan rings is 1. The number of likely N-dealkylation sites (tertiary alicyclic amines) is 1. The van der Waals surface area contributed by atoms with Crippen molar-refractivity contribution in [1.82, 2.24) is 19.4 Å². The molecule has 4 aromatic rings. The summed E-state index contributed by atoms with van der Waals surface area (Å²) in [4.78, 5) is 22.2. The average Bonchev–Trinajstić information content (AvgIpc) is 3.49. The van der Waals surface area contributed by atoms with Gasteiger partial charge >= 0.3 is 5.97 Å². The molecular formula is C26H28N4O4. The number of hydrogen-bond donors (Lipinski definition) is 1. The number of fused-ring (bicyclic) bond motifs is 1. The highest BCUT2D eigenvalue weighted by molar-refractivity contribution is 5.84. The summed E-state index contributed by atoms with van der Waals surface area (Å²) in [7, 11) is 1.68. The van der Waals surface area contributed by atoms with Gasteiger partial charge in [-0.1, -0.05) is 12.1 Å². The van der Waals surface area contributed by atoms with Crippen LogP contribution in [-0.2, 0) is 19.5 Å². The minimum absolute atomic E-state index is 0.00710. The molecule has 1 saturated heterocycles. The lowest BCUT2D eigenvalue weighted by atomic mass is 9.90. The number of aryl methyl sites for hydroxylation is 2. The Balaban J connectivity index is 1.26. The summed E-state index contributed by atoms with van der Waals surface area (Å²) < 4.78 is 12.9. The molecule has 176 valence electrons. The van der Waals surface area contributed by atoms with Gasteiger partial charge in [-0.2, -0.15) is 0 Å². The first-order chi connectivity index (χ1) is 16.6. The first-order valence-electron chi connectivity index (χ1n) is 11.6. The van der Waals surface area contributed by atoms with Crippen molar-refractivity contribution in [2.75, 3.05) is 20.2 Å². The largest absolute Gasteiger partial charge is 0.497 e. The lowest BCUT2D eigenvalue weighted by Crippen LogP contribution is -2.32. The number of benzene rings is 1. The molecule has 1 fully saturated rings. The van der Waals surface area contributed by atoms with Gasteiger partial charge in [0.2, 0.25) is 5.76 Å². The van der Waals surface area contributed by atoms with Crippen LogP contribution in [-0.4, -0.2) is 50.7 Å². The van der Waals surface area contributed by atoms with Gasteiger partial charge in [-0.15, -0.1) is 0 Å². The van der Waals surface area contributed by atoms with Crippen LogP contribution in [0.3, 0.4) is 0 Å². The zero-order valence-corrected chi connectivity index (χ0v) is 19.2. The molecule has 0 bridgehead atoms. The quantitative estimate of drug-likeness (QED) is 0.418. The number of ether oxygens (including phenoxy) is 1. The van der Waals surface area contributed by atoms with Crippen molar-refractivity contribution < 1.29 is 19.1 Å². The zero-order chi connectivity index (χ0) is 23.5. The predicted molar refractivity (Wildman–Crippen MR) is 127 cm³/mol. The topological polar surface area (TPSA) is 93.6 Å². The number of carbonyl (C=O) groups is 1. The summed E-state index contributed by atoms with van der Waals surface area (Å²) in [5.41, 5.74) is 3.56. The van der Waals surface area contributed by atoms with Crippen LogP contribution in [0.25, 0.3) is 11.0 Å². The van der Waals surface area contributed by atoms with Crippen molar-refractivity contribution in [2.24, 2.45) is 0 Å². The van der Waals surface area contributed by atoms with Crippen LogP contribution in [0.4, 0.5) is 0 Å². The molecule has 5 rings (SSSR count). The van der Waals surface area contributed by atoms with Gasteiger partial charge in [0.25, 0.3) is 0 Å². The summed E-state index contributed by atoms with van der Waals surface area (Å²) in [6.07, 6.45) is 8.78. The highest BCUT2D eigenvalue weighted by atomic mass is 16.5. The highest BCUT2D eigenvalue weighted by Gasteiger charge is 2.25. The van der Waals surface area contributed by atoms with Crippen LogP contribution in [0.5, 0.6) is 5.75 Å². The van der Waals surface area contributed by atoms with Crippen molar-refractivity contribution in [1.29, 1.82) is 0 Å². The second-order valence-electron chi connectivity index (χ2n) is 8.76. The van der Waals surface area contributed by atoms with Crippen LogP contribution in [0.15, 0.2) is 59.5 Å². The molecule has 3 aromatic heterocycles. The van der Waals surface area contributed by atoms with E-state index in [1.54, 1.807) is 19.5 Å². The van der Waals surface area contributed by atoms with Gasteiger partial charge in [0.15, 0.2) is 0 Å². The number of aromatic nitrogens is 3. The van der Waals surface area contributed by atoms with Crippen LogP contribution in [0.2, 0.25) is 0 Å². The van der Waals surface area contributed by atoms with Gasteiger partial charge in [0.1, 0.15) is 23.5 Å². The number of rotatable bonds is 8. The Hall–Kier alpha value is -3.65. The maximum atomic E-state index is 11.0. The molecule has 1 aliphatic rings. The average molecular weight is 461 g/mol. The maximum Gasteiger partial charge on any atom is 0.371 e. The van der Waals surface area contributed by atoms with E-state index in [2.05, 4.69) is 37.8 Å². The highest BCUT2D eigenvalue weighted by Crippen LogP contribution is 2.34. The molecule has 0 unspecified atom stereocenters. The monoisotopic (exact) mass is 460 g/mol. The van der Waals surface area contributed by atoms with Crippen molar-refractivity contribution in [3.05, 3.63) is 77.8 Å². The standard InChI is InChI=1S/C26H28N4O4/c1-33-20-4-2-18(3-5-20)8-13-30-16-23(22-14-27-17-28-25(22)30)19-9-11-29(12-10-19)15-21-6-7-24(34-21)26(31)32/h2-7,14,16-17,19H,8-13,15H2,1H3,(H,31,32). The second-order valence-corrected chi connectivity index (χ2v) is 8.76. The summed E-state index contributed by atoms with van der Waals surface area (Å²) in [6, 6.07) is 11.5. The van der Waals surface area contributed by atoms with E-state index >= 15 is 0 Å². The third kappa shape index (κ3) is 4.68. The fourth-order valence-electron chi connectivity index (χ4n) is 4.79. The van der Waals surface area contributed by atoms with E-state index in [1.165, 1.54) is 17.2 Å². The van der Waals surface area contributed by atoms with Crippen LogP contribution >= 0.6 is 0 Å². The first kappa shape index (κ1) is 22.2. The summed E-state index contributed by atoms with van der Waals surface area (Å²) in [5.74, 6) is 0.964. The van der Waals surface area contributed by atoms with Gasteiger partial charge in [-0.05, 0) is 73.7 Å². The summed E-state index contributed by atoms with van der Waals surface area (Å²) >= 11 is 0. The first-order valence-corrected chi connectivity index (χ1v) is 11.6. The van der Waals surface area contributed by atoms with Crippen molar-refractivity contribution >= 4 is 17.0 Å². The number of methoxy groups -OCH3 is 1. The van der Waals surface area contributed by atoms with Crippen molar-refractivity contribution in [3.63, 3.8) is 0 Å². The maximum absolute atomic E-state index is 11.0. The fraction of sp³-hybridized carbons (Fsp3) is 0.346. The van der Waals surface area contributed by atoms with E-state index in [0.29, 0.717) is 18.2 Å². The third-order valence-corrected chi connectivity index (χ3v) is 6.65. The Morgan fingerprint density at radius 2 is 1.97 bits per heavy atom. The molecule has 1 aliphatic heterocycles. The Kier molecular flexibility index (Phi) is 6.31. The zero-order valence-electron chi connectivity index (χ0n) is 19.2. The fourth-order valence-corrected chi connectivity index (χ4v) is 4.79. The summed E-state index contributed by atoms with van der Waals surface area (Å²) in [5, 5.41) is 10.2. The predicted octanol–water partition coefficient (Wildman–Crippen LogP) is 4.35. The van der Waals surface area contributed by atoms with E-state index in [0.717, 1.165) is 55.7 Å². The number of carboxylic acids is 1. The molecule has 0 aliphatic carbocycles. The molecule has 4 heterocycles. The van der Waals surface area contributed by atoms with Crippen LogP contribution in [0, 0.1) is 0 Å². The van der Waals surface area contributed by atoms with E-state index in [4.69, 9.17) is 14.3 Å². The minimum Gasteiger partial charge on any atom is -0.497 e. The van der Waals surface area contributed by atoms with E-state index in [9.17, 15) is 4.79 Å². The van der Waals surface area contributed by atoms with Gasteiger partial charge in [-0.3, -0.25) is 4.90 Å². The number of aromatic carboxylic acids is 1. The number of piperidine rings is 1. The molecule has 34 heavy (non-hydrogen) atoms. The van der Waals surface area contributed by atoms with Gasteiger partial charge in [-0.25, -0.2) is 14.8 Å². The molecular weight excluding hydrogens is 432 g/mol. The lowest BCUT2D eigenvalue weighted by Gasteiger charge is -2.31. The minimum atomic E-state index is -1.03. The Bertz CT molecular complexity index is 1270. The Morgan fingerprint density at radius 3 is 2.68 bits per heavy atom. The van der Waals surface area contributed by atoms with Crippen molar-refractivity contribution in [3.8, 4) is 5.75 Å². The molecule has 0 spiro atoms. The lowest BCUT2D eigenvalue weighted by molar-refractivity contribution is 0.0657. The van der Waals surface area contributed by atoms with Gasteiger partial charge in [0, 0.05) is 24.3 Å². The SMILES string of the molecule is COc1ccc(CCn2cc(C3CCN(Cc4ccc(C(=O)O)o4)CC3)c3cncnc32)cc1.